The van der Waals surface area contributed by atoms with E-state index in [4.69, 9.17) is 10.8 Å². The minimum absolute atomic E-state index is 0.00165. The number of amides is 1. The summed E-state index contributed by atoms with van der Waals surface area (Å²) in [6.45, 7) is 2.56. The van der Waals surface area contributed by atoms with Crippen molar-refractivity contribution < 1.29 is 18.7 Å². The Kier molecular flexibility index (Phi) is 5.15. The van der Waals surface area contributed by atoms with Crippen LogP contribution in [0.1, 0.15) is 18.4 Å². The number of benzene rings is 2. The van der Waals surface area contributed by atoms with Gasteiger partial charge in [0.2, 0.25) is 0 Å². The molecule has 1 aliphatic heterocycles. The van der Waals surface area contributed by atoms with Crippen LogP contribution in [0, 0.1) is 18.6 Å². The van der Waals surface area contributed by atoms with Crippen LogP contribution >= 0.6 is 0 Å². The molecule has 30 heavy (non-hydrogen) atoms. The van der Waals surface area contributed by atoms with Crippen LogP contribution in [0.4, 0.5) is 25.1 Å². The van der Waals surface area contributed by atoms with E-state index in [2.05, 4.69) is 10.3 Å². The highest BCUT2D eigenvalue weighted by Crippen LogP contribution is 2.38. The number of aromatic nitrogens is 1. The zero-order valence-corrected chi connectivity index (χ0v) is 16.5. The average Bonchev–Trinajstić information content (AvgIpc) is 2.71. The van der Waals surface area contributed by atoms with E-state index in [9.17, 15) is 9.18 Å². The average molecular weight is 412 g/mol. The minimum atomic E-state index is -0.933. The molecule has 0 spiro atoms. The first-order chi connectivity index (χ1) is 14.3. The number of hydrogen-bond acceptors (Lipinski definition) is 4. The summed E-state index contributed by atoms with van der Waals surface area (Å²) in [6.07, 6.45) is 1.65. The molecule has 156 valence electrons. The molecule has 0 unspecified atom stereocenters. The van der Waals surface area contributed by atoms with Gasteiger partial charge in [-0.05, 0) is 43.5 Å². The number of rotatable bonds is 3. The second kappa shape index (κ2) is 7.78. The highest BCUT2D eigenvalue weighted by molar-refractivity contribution is 5.99. The summed E-state index contributed by atoms with van der Waals surface area (Å²) in [6, 6.07) is 7.82. The third kappa shape index (κ3) is 3.60. The SMILES string of the molecule is Cc1cccc(F)c1-c1cc(NC2CCN(C(=O)O)CC2)c2cc(N)ncc2c1F. The Morgan fingerprint density at radius 2 is 1.97 bits per heavy atom. The highest BCUT2D eigenvalue weighted by atomic mass is 19.1. The van der Waals surface area contributed by atoms with Crippen molar-refractivity contribution in [2.45, 2.75) is 25.8 Å². The van der Waals surface area contributed by atoms with E-state index in [1.54, 1.807) is 31.2 Å². The molecule has 2 heterocycles. The lowest BCUT2D eigenvalue weighted by Gasteiger charge is -2.31. The number of hydrogen-bond donors (Lipinski definition) is 3. The molecular weight excluding hydrogens is 390 g/mol. The number of pyridine rings is 1. The molecular formula is C22H22F2N4O2. The largest absolute Gasteiger partial charge is 0.465 e. The van der Waals surface area contributed by atoms with Crippen molar-refractivity contribution in [2.75, 3.05) is 24.1 Å². The van der Waals surface area contributed by atoms with Crippen LogP contribution in [-0.4, -0.2) is 40.2 Å². The first kappa shape index (κ1) is 19.9. The van der Waals surface area contributed by atoms with E-state index in [0.29, 0.717) is 42.6 Å². The monoisotopic (exact) mass is 412 g/mol. The highest BCUT2D eigenvalue weighted by Gasteiger charge is 2.24. The molecule has 2 aromatic carbocycles. The normalized spacial score (nSPS) is 14.8. The Bertz CT molecular complexity index is 1110. The molecule has 0 radical (unpaired) electrons. The van der Waals surface area contributed by atoms with E-state index < -0.39 is 17.7 Å². The third-order valence-electron chi connectivity index (χ3n) is 5.59. The Morgan fingerprint density at radius 1 is 1.23 bits per heavy atom. The zero-order valence-electron chi connectivity index (χ0n) is 16.5. The molecule has 3 aromatic rings. The summed E-state index contributed by atoms with van der Waals surface area (Å²) < 4.78 is 30.0. The number of fused-ring (bicyclic) bond motifs is 1. The number of carbonyl (C=O) groups is 1. The number of nitrogens with one attached hydrogen (secondary N) is 1. The van der Waals surface area contributed by atoms with Crippen LogP contribution in [0.3, 0.4) is 0 Å². The maximum absolute atomic E-state index is 15.4. The number of aryl methyl sites for hydroxylation is 1. The summed E-state index contributed by atoms with van der Waals surface area (Å²) in [7, 11) is 0. The van der Waals surface area contributed by atoms with Crippen molar-refractivity contribution in [3.63, 3.8) is 0 Å². The van der Waals surface area contributed by atoms with Crippen LogP contribution in [0.15, 0.2) is 36.5 Å². The van der Waals surface area contributed by atoms with Gasteiger partial charge in [-0.3, -0.25) is 0 Å². The lowest BCUT2D eigenvalue weighted by Crippen LogP contribution is -2.41. The molecule has 0 bridgehead atoms. The van der Waals surface area contributed by atoms with Crippen molar-refractivity contribution >= 4 is 28.4 Å². The van der Waals surface area contributed by atoms with Crippen LogP contribution in [-0.2, 0) is 0 Å². The molecule has 4 rings (SSSR count). The van der Waals surface area contributed by atoms with E-state index in [1.807, 2.05) is 0 Å². The second-order valence-electron chi connectivity index (χ2n) is 7.56. The van der Waals surface area contributed by atoms with E-state index in [0.717, 1.165) is 0 Å². The number of carboxylic acid groups (broad SMARTS) is 1. The van der Waals surface area contributed by atoms with Gasteiger partial charge in [0.15, 0.2) is 0 Å². The van der Waals surface area contributed by atoms with Gasteiger partial charge in [-0.15, -0.1) is 0 Å². The van der Waals surface area contributed by atoms with Crippen molar-refractivity contribution in [3.8, 4) is 11.1 Å². The number of piperidine rings is 1. The number of likely N-dealkylation sites (tertiary alicyclic amines) is 1. The molecule has 0 atom stereocenters. The first-order valence-corrected chi connectivity index (χ1v) is 9.72. The molecule has 4 N–H and O–H groups in total. The molecule has 8 heteroatoms. The van der Waals surface area contributed by atoms with Crippen molar-refractivity contribution in [1.82, 2.24) is 9.88 Å². The van der Waals surface area contributed by atoms with Gasteiger partial charge in [0.1, 0.15) is 17.5 Å². The van der Waals surface area contributed by atoms with Crippen LogP contribution < -0.4 is 11.1 Å². The fourth-order valence-electron chi connectivity index (χ4n) is 4.01. The first-order valence-electron chi connectivity index (χ1n) is 9.72. The molecule has 6 nitrogen and oxygen atoms in total. The topological polar surface area (TPSA) is 91.5 Å². The number of nitrogens with two attached hydrogens (primary N) is 1. The van der Waals surface area contributed by atoms with Crippen molar-refractivity contribution in [2.24, 2.45) is 0 Å². The van der Waals surface area contributed by atoms with E-state index >= 15 is 4.39 Å². The Hall–Kier alpha value is -3.42. The summed E-state index contributed by atoms with van der Waals surface area (Å²) in [5, 5.41) is 13.3. The summed E-state index contributed by atoms with van der Waals surface area (Å²) in [5.41, 5.74) is 7.43. The van der Waals surface area contributed by atoms with Crippen LogP contribution in [0.2, 0.25) is 0 Å². The number of nitrogens with zero attached hydrogens (tertiary/aromatic N) is 2. The van der Waals surface area contributed by atoms with Gasteiger partial charge < -0.3 is 21.1 Å². The van der Waals surface area contributed by atoms with Gasteiger partial charge in [0, 0.05) is 52.9 Å². The van der Waals surface area contributed by atoms with Gasteiger partial charge in [-0.2, -0.15) is 0 Å². The predicted octanol–water partition coefficient (Wildman–Crippen LogP) is 4.62. The van der Waals surface area contributed by atoms with Gasteiger partial charge in [0.05, 0.1) is 0 Å². The number of nitrogen functional groups attached to an aromatic ring is 1. The van der Waals surface area contributed by atoms with Crippen molar-refractivity contribution in [3.05, 3.63) is 53.7 Å². The fraction of sp³-hybridized carbons (Fsp3) is 0.273. The molecule has 1 aliphatic rings. The molecule has 0 saturated carbocycles. The molecule has 1 fully saturated rings. The van der Waals surface area contributed by atoms with Crippen molar-refractivity contribution in [1.29, 1.82) is 0 Å². The lowest BCUT2D eigenvalue weighted by atomic mass is 9.95. The predicted molar refractivity (Wildman–Crippen MR) is 112 cm³/mol. The molecule has 1 aromatic heterocycles. The molecule has 1 amide bonds. The zero-order chi connectivity index (χ0) is 21.4. The van der Waals surface area contributed by atoms with E-state index in [-0.39, 0.29) is 28.4 Å². The van der Waals surface area contributed by atoms with Crippen LogP contribution in [0.25, 0.3) is 21.9 Å². The third-order valence-corrected chi connectivity index (χ3v) is 5.59. The fourth-order valence-corrected chi connectivity index (χ4v) is 4.01. The summed E-state index contributed by atoms with van der Waals surface area (Å²) >= 11 is 0. The van der Waals surface area contributed by atoms with Gasteiger partial charge in [-0.1, -0.05) is 12.1 Å². The lowest BCUT2D eigenvalue weighted by molar-refractivity contribution is 0.134. The summed E-state index contributed by atoms with van der Waals surface area (Å²) in [4.78, 5) is 16.5. The minimum Gasteiger partial charge on any atom is -0.465 e. The Labute approximate surface area is 172 Å². The standard InChI is InChI=1S/C22H22F2N4O2/c1-12-3-2-4-17(23)20(12)15-9-18(14-10-19(25)26-11-16(14)21(15)24)27-13-5-7-28(8-6-13)22(29)30/h2-4,9-11,13,27H,5-8H2,1H3,(H2,25,26)(H,29,30). The maximum atomic E-state index is 15.4. The molecule has 1 saturated heterocycles. The second-order valence-corrected chi connectivity index (χ2v) is 7.56. The van der Waals surface area contributed by atoms with Crippen LogP contribution in [0.5, 0.6) is 0 Å². The Morgan fingerprint density at radius 3 is 2.63 bits per heavy atom. The maximum Gasteiger partial charge on any atom is 0.407 e. The quantitative estimate of drug-likeness (QED) is 0.584. The number of anilines is 2. The van der Waals surface area contributed by atoms with E-state index in [1.165, 1.54) is 17.2 Å². The number of halogens is 2. The van der Waals surface area contributed by atoms with Gasteiger partial charge in [-0.25, -0.2) is 18.6 Å². The Balaban J connectivity index is 1.80. The summed E-state index contributed by atoms with van der Waals surface area (Å²) in [5.74, 6) is -0.810. The van der Waals surface area contributed by atoms with Gasteiger partial charge in [0.25, 0.3) is 0 Å². The van der Waals surface area contributed by atoms with Gasteiger partial charge >= 0.3 is 6.09 Å². The smallest absolute Gasteiger partial charge is 0.407 e. The molecule has 0 aliphatic carbocycles.